The number of hydrogen-bond donors (Lipinski definition) is 0. The first kappa shape index (κ1) is 16.0. The van der Waals surface area contributed by atoms with E-state index < -0.39 is 12.3 Å². The van der Waals surface area contributed by atoms with Crippen molar-refractivity contribution in [3.05, 3.63) is 23.3 Å². The van der Waals surface area contributed by atoms with E-state index in [4.69, 9.17) is 0 Å². The van der Waals surface area contributed by atoms with Gasteiger partial charge in [-0.1, -0.05) is 12.2 Å². The second-order valence-electron chi connectivity index (χ2n) is 3.51. The monoisotopic (exact) mass is 258 g/mol. The number of carbonyl (C=O) groups is 2. The van der Waals surface area contributed by atoms with Gasteiger partial charge in [0, 0.05) is 0 Å². The molecule has 18 heavy (non-hydrogen) atoms. The highest BCUT2D eigenvalue weighted by Gasteiger charge is 2.11. The second kappa shape index (κ2) is 9.09. The molecule has 0 saturated carbocycles. The van der Waals surface area contributed by atoms with E-state index in [9.17, 15) is 9.59 Å². The molecule has 0 N–H and O–H groups in total. The van der Waals surface area contributed by atoms with E-state index in [1.807, 2.05) is 13.8 Å². The van der Waals surface area contributed by atoms with Crippen LogP contribution in [0, 0.1) is 0 Å². The summed E-state index contributed by atoms with van der Waals surface area (Å²) in [6.45, 7) is 7.32. The lowest BCUT2D eigenvalue weighted by atomic mass is 10.3. The van der Waals surface area contributed by atoms with Gasteiger partial charge in [0.15, 0.2) is 0 Å². The van der Waals surface area contributed by atoms with Gasteiger partial charge >= 0.3 is 12.3 Å². The zero-order chi connectivity index (χ0) is 14.0. The van der Waals surface area contributed by atoms with Crippen LogP contribution in [0.3, 0.4) is 0 Å². The molecule has 6 heteroatoms. The summed E-state index contributed by atoms with van der Waals surface area (Å²) in [4.78, 5) is 30.1. The second-order valence-corrected chi connectivity index (χ2v) is 3.51. The molecule has 0 aromatic heterocycles. The maximum Gasteiger partial charge on any atom is 0.550 e. The molecule has 0 aromatic carbocycles. The minimum absolute atomic E-state index is 0.0748. The molecule has 0 saturated heterocycles. The van der Waals surface area contributed by atoms with Crippen LogP contribution in [-0.4, -0.2) is 25.5 Å². The Kier molecular flexibility index (Phi) is 8.09. The van der Waals surface area contributed by atoms with Gasteiger partial charge in [0.25, 0.3) is 0 Å². The molecule has 0 fully saturated rings. The first-order valence-electron chi connectivity index (χ1n) is 5.41. The third-order valence-electron chi connectivity index (χ3n) is 2.00. The van der Waals surface area contributed by atoms with Crippen molar-refractivity contribution in [2.75, 3.05) is 13.2 Å². The maximum absolute atomic E-state index is 10.9. The highest BCUT2D eigenvalue weighted by atomic mass is 17.3. The maximum atomic E-state index is 10.9. The number of ether oxygens (including phenoxy) is 2. The number of hydrogen-bond acceptors (Lipinski definition) is 6. The van der Waals surface area contributed by atoms with Crippen LogP contribution in [-0.2, 0) is 19.2 Å². The molecule has 0 aliphatic rings. The predicted octanol–water partition coefficient (Wildman–Crippen LogP) is 3.14. The Hall–Kier alpha value is -1.98. The molecule has 0 heterocycles. The summed E-state index contributed by atoms with van der Waals surface area (Å²) in [5.41, 5.74) is 1.69. The van der Waals surface area contributed by atoms with Crippen molar-refractivity contribution in [1.82, 2.24) is 0 Å². The molecule has 0 amide bonds. The van der Waals surface area contributed by atoms with Gasteiger partial charge in [-0.3, -0.25) is 0 Å². The molecule has 0 atom stereocenters. The predicted molar refractivity (Wildman–Crippen MR) is 63.7 cm³/mol. The minimum Gasteiger partial charge on any atom is -0.427 e. The Balaban J connectivity index is 3.75. The fraction of sp³-hybridized carbons (Fsp3) is 0.500. The van der Waals surface area contributed by atoms with Gasteiger partial charge in [0.1, 0.15) is 13.2 Å². The van der Waals surface area contributed by atoms with Gasteiger partial charge in [-0.2, -0.15) is 19.4 Å². The molecular weight excluding hydrogens is 240 g/mol. The molecule has 0 unspecified atom stereocenters. The molecule has 102 valence electrons. The van der Waals surface area contributed by atoms with Crippen LogP contribution >= 0.6 is 0 Å². The van der Waals surface area contributed by atoms with E-state index in [-0.39, 0.29) is 13.2 Å². The Morgan fingerprint density at radius 1 is 0.833 bits per heavy atom. The van der Waals surface area contributed by atoms with Gasteiger partial charge in [-0.15, -0.1) is 0 Å². The first-order valence-corrected chi connectivity index (χ1v) is 5.41. The lowest BCUT2D eigenvalue weighted by Crippen LogP contribution is -2.15. The smallest absolute Gasteiger partial charge is 0.427 e. The molecule has 0 aliphatic carbocycles. The van der Waals surface area contributed by atoms with E-state index in [0.29, 0.717) is 0 Å². The summed E-state index contributed by atoms with van der Waals surface area (Å²) in [7, 11) is 0. The van der Waals surface area contributed by atoms with Crippen LogP contribution < -0.4 is 0 Å². The normalized spacial score (nSPS) is 11.8. The molecule has 0 aliphatic heterocycles. The highest BCUT2D eigenvalue weighted by molar-refractivity contribution is 5.63. The van der Waals surface area contributed by atoms with Crippen LogP contribution in [0.2, 0.25) is 0 Å². The quantitative estimate of drug-likeness (QED) is 0.334. The Morgan fingerprint density at radius 2 is 1.17 bits per heavy atom. The van der Waals surface area contributed by atoms with Crippen LogP contribution in [0.15, 0.2) is 23.3 Å². The summed E-state index contributed by atoms with van der Waals surface area (Å²) >= 11 is 0. The molecule has 0 spiro atoms. The average molecular weight is 258 g/mol. The first-order chi connectivity index (χ1) is 8.49. The average Bonchev–Trinajstić information content (AvgIpc) is 2.39. The van der Waals surface area contributed by atoms with Crippen molar-refractivity contribution in [2.45, 2.75) is 27.7 Å². The standard InChI is InChI=1S/C12H18O6/c1-5-9(3)7-15-11(13)17-18-12(14)16-8-10(4)6-2/h5-6H,7-8H2,1-4H3. The van der Waals surface area contributed by atoms with Crippen LogP contribution in [0.5, 0.6) is 0 Å². The summed E-state index contributed by atoms with van der Waals surface area (Å²) in [5.74, 6) is 0. The summed E-state index contributed by atoms with van der Waals surface area (Å²) < 4.78 is 9.24. The van der Waals surface area contributed by atoms with E-state index in [0.717, 1.165) is 11.1 Å². The topological polar surface area (TPSA) is 71.1 Å². The summed E-state index contributed by atoms with van der Waals surface area (Å²) in [6.07, 6.45) is 1.36. The van der Waals surface area contributed by atoms with Crippen molar-refractivity contribution in [2.24, 2.45) is 0 Å². The highest BCUT2D eigenvalue weighted by Crippen LogP contribution is 1.98. The Labute approximate surface area is 106 Å². The van der Waals surface area contributed by atoms with Gasteiger partial charge in [-0.05, 0) is 38.8 Å². The van der Waals surface area contributed by atoms with E-state index >= 15 is 0 Å². The molecule has 6 nitrogen and oxygen atoms in total. The van der Waals surface area contributed by atoms with Gasteiger partial charge < -0.3 is 9.47 Å². The SMILES string of the molecule is CC=C(C)COC(=O)OOC(=O)OCC(C)=CC. The fourth-order valence-electron chi connectivity index (χ4n) is 0.628. The van der Waals surface area contributed by atoms with Gasteiger partial charge in [0.05, 0.1) is 0 Å². The van der Waals surface area contributed by atoms with E-state index in [1.165, 1.54) is 0 Å². The van der Waals surface area contributed by atoms with E-state index in [2.05, 4.69) is 19.2 Å². The number of rotatable bonds is 4. The zero-order valence-corrected chi connectivity index (χ0v) is 11.0. The largest absolute Gasteiger partial charge is 0.550 e. The molecule has 0 radical (unpaired) electrons. The lowest BCUT2D eigenvalue weighted by Gasteiger charge is -2.05. The molecule has 0 rings (SSSR count). The van der Waals surface area contributed by atoms with Crippen LogP contribution in [0.25, 0.3) is 0 Å². The molecular formula is C12H18O6. The van der Waals surface area contributed by atoms with Crippen molar-refractivity contribution < 1.29 is 28.8 Å². The van der Waals surface area contributed by atoms with Crippen molar-refractivity contribution in [3.8, 4) is 0 Å². The zero-order valence-electron chi connectivity index (χ0n) is 11.0. The van der Waals surface area contributed by atoms with Gasteiger partial charge in [-0.25, -0.2) is 0 Å². The number of allylic oxidation sites excluding steroid dienone is 2. The van der Waals surface area contributed by atoms with Crippen molar-refractivity contribution in [3.63, 3.8) is 0 Å². The van der Waals surface area contributed by atoms with Crippen LogP contribution in [0.1, 0.15) is 27.7 Å². The number of carbonyl (C=O) groups excluding carboxylic acids is 2. The molecule has 0 aromatic rings. The minimum atomic E-state index is -1.10. The lowest BCUT2D eigenvalue weighted by molar-refractivity contribution is -0.216. The van der Waals surface area contributed by atoms with Crippen molar-refractivity contribution in [1.29, 1.82) is 0 Å². The third-order valence-corrected chi connectivity index (χ3v) is 2.00. The Morgan fingerprint density at radius 3 is 1.44 bits per heavy atom. The van der Waals surface area contributed by atoms with Gasteiger partial charge in [0.2, 0.25) is 0 Å². The fourth-order valence-corrected chi connectivity index (χ4v) is 0.628. The summed E-state index contributed by atoms with van der Waals surface area (Å²) in [6, 6.07) is 0. The third kappa shape index (κ3) is 8.20. The Bertz CT molecular complexity index is 308. The summed E-state index contributed by atoms with van der Waals surface area (Å²) in [5, 5.41) is 0. The van der Waals surface area contributed by atoms with Crippen LogP contribution in [0.4, 0.5) is 9.59 Å². The van der Waals surface area contributed by atoms with E-state index in [1.54, 1.807) is 26.0 Å². The molecule has 0 bridgehead atoms. The van der Waals surface area contributed by atoms with Crippen molar-refractivity contribution >= 4 is 12.3 Å².